The smallest absolute Gasteiger partial charge is 0.231 e. The Labute approximate surface area is 108 Å². The van der Waals surface area contributed by atoms with Gasteiger partial charge in [-0.25, -0.2) is 0 Å². The van der Waals surface area contributed by atoms with E-state index in [-0.39, 0.29) is 6.10 Å². The molecule has 2 heterocycles. The maximum Gasteiger partial charge on any atom is 0.231 e. The second-order valence-electron chi connectivity index (χ2n) is 4.97. The molecule has 1 aromatic heterocycles. The van der Waals surface area contributed by atoms with Crippen molar-refractivity contribution in [2.45, 2.75) is 45.6 Å². The Hall–Kier alpha value is -0.940. The fourth-order valence-electron chi connectivity index (χ4n) is 2.42. The van der Waals surface area contributed by atoms with E-state index in [1.807, 2.05) is 6.92 Å². The zero-order valence-corrected chi connectivity index (χ0v) is 11.5. The number of nitrogens with zero attached hydrogens (tertiary/aromatic N) is 2. The first kappa shape index (κ1) is 13.5. The van der Waals surface area contributed by atoms with E-state index in [0.717, 1.165) is 31.8 Å². The third-order valence-electron chi connectivity index (χ3n) is 3.50. The van der Waals surface area contributed by atoms with Crippen LogP contribution in [0.15, 0.2) is 4.52 Å². The third kappa shape index (κ3) is 2.90. The van der Waals surface area contributed by atoms with Crippen LogP contribution in [0.5, 0.6) is 0 Å². The van der Waals surface area contributed by atoms with Gasteiger partial charge < -0.3 is 14.6 Å². The van der Waals surface area contributed by atoms with Crippen LogP contribution in [0.25, 0.3) is 0 Å². The van der Waals surface area contributed by atoms with E-state index in [9.17, 15) is 0 Å². The third-order valence-corrected chi connectivity index (χ3v) is 3.50. The summed E-state index contributed by atoms with van der Waals surface area (Å²) in [5, 5.41) is 7.44. The molecule has 1 aliphatic rings. The molecule has 0 saturated carbocycles. The highest BCUT2D eigenvalue weighted by molar-refractivity contribution is 5.02. The lowest BCUT2D eigenvalue weighted by Gasteiger charge is -2.11. The molecule has 2 rings (SSSR count). The van der Waals surface area contributed by atoms with E-state index in [1.165, 1.54) is 0 Å². The Kier molecular flexibility index (Phi) is 4.72. The van der Waals surface area contributed by atoms with E-state index in [4.69, 9.17) is 9.26 Å². The van der Waals surface area contributed by atoms with Gasteiger partial charge in [-0.1, -0.05) is 25.4 Å². The van der Waals surface area contributed by atoms with Crippen molar-refractivity contribution >= 4 is 0 Å². The second kappa shape index (κ2) is 6.29. The highest BCUT2D eigenvalue weighted by Crippen LogP contribution is 2.28. The first-order valence-corrected chi connectivity index (χ1v) is 6.92. The Balaban J connectivity index is 2.08. The number of rotatable bonds is 6. The maximum absolute atomic E-state index is 5.67. The molecule has 0 bridgehead atoms. The van der Waals surface area contributed by atoms with Gasteiger partial charge in [0.15, 0.2) is 0 Å². The van der Waals surface area contributed by atoms with Gasteiger partial charge in [-0.15, -0.1) is 0 Å². The Morgan fingerprint density at radius 3 is 2.89 bits per heavy atom. The Bertz CT molecular complexity index is 361. The molecule has 18 heavy (non-hydrogen) atoms. The van der Waals surface area contributed by atoms with E-state index >= 15 is 0 Å². The topological polar surface area (TPSA) is 60.2 Å². The van der Waals surface area contributed by atoms with Gasteiger partial charge in [0.2, 0.25) is 11.7 Å². The molecule has 0 spiro atoms. The fraction of sp³-hybridized carbons (Fsp3) is 0.846. The van der Waals surface area contributed by atoms with E-state index in [1.54, 1.807) is 0 Å². The minimum Gasteiger partial charge on any atom is -0.370 e. The van der Waals surface area contributed by atoms with Gasteiger partial charge in [0.25, 0.3) is 0 Å². The van der Waals surface area contributed by atoms with Gasteiger partial charge in [-0.3, -0.25) is 0 Å². The monoisotopic (exact) mass is 253 g/mol. The summed E-state index contributed by atoms with van der Waals surface area (Å²) in [6.07, 6.45) is 1.96. The molecule has 102 valence electrons. The van der Waals surface area contributed by atoms with E-state index in [2.05, 4.69) is 29.3 Å². The van der Waals surface area contributed by atoms with Gasteiger partial charge in [0.1, 0.15) is 6.10 Å². The summed E-state index contributed by atoms with van der Waals surface area (Å²) in [5.74, 6) is 2.35. The van der Waals surface area contributed by atoms with Crippen molar-refractivity contribution < 1.29 is 9.26 Å². The number of nitrogens with one attached hydrogen (secondary N) is 1. The van der Waals surface area contributed by atoms with Crippen LogP contribution in [0.2, 0.25) is 0 Å². The lowest BCUT2D eigenvalue weighted by Crippen LogP contribution is -2.09. The highest BCUT2D eigenvalue weighted by atomic mass is 16.5. The molecule has 0 amide bonds. The average molecular weight is 253 g/mol. The van der Waals surface area contributed by atoms with Crippen molar-refractivity contribution in [1.82, 2.24) is 15.5 Å². The van der Waals surface area contributed by atoms with Crippen LogP contribution in [0.1, 0.15) is 57.3 Å². The lowest BCUT2D eigenvalue weighted by molar-refractivity contribution is 0.0477. The minimum absolute atomic E-state index is 0.0258. The van der Waals surface area contributed by atoms with E-state index in [0.29, 0.717) is 24.3 Å². The summed E-state index contributed by atoms with van der Waals surface area (Å²) in [4.78, 5) is 4.54. The summed E-state index contributed by atoms with van der Waals surface area (Å²) >= 11 is 0. The molecule has 1 N–H and O–H groups in total. The predicted octanol–water partition coefficient (Wildman–Crippen LogP) is 2.27. The molecular weight excluding hydrogens is 230 g/mol. The summed E-state index contributed by atoms with van der Waals surface area (Å²) in [6, 6.07) is 0. The summed E-state index contributed by atoms with van der Waals surface area (Å²) in [6.45, 7) is 8.96. The van der Waals surface area contributed by atoms with Gasteiger partial charge in [-0.2, -0.15) is 4.98 Å². The molecule has 1 unspecified atom stereocenters. The van der Waals surface area contributed by atoms with Crippen LogP contribution >= 0.6 is 0 Å². The van der Waals surface area contributed by atoms with Crippen molar-refractivity contribution in [2.75, 3.05) is 19.7 Å². The van der Waals surface area contributed by atoms with Crippen molar-refractivity contribution in [1.29, 1.82) is 0 Å². The quantitative estimate of drug-likeness (QED) is 0.842. The summed E-state index contributed by atoms with van der Waals surface area (Å²) in [7, 11) is 0. The largest absolute Gasteiger partial charge is 0.370 e. The maximum atomic E-state index is 5.67. The average Bonchev–Trinajstić information content (AvgIpc) is 2.97. The Morgan fingerprint density at radius 2 is 2.28 bits per heavy atom. The molecule has 1 saturated heterocycles. The number of hydrogen-bond acceptors (Lipinski definition) is 5. The number of ether oxygens (including phenoxy) is 1. The zero-order valence-electron chi connectivity index (χ0n) is 11.5. The lowest BCUT2D eigenvalue weighted by atomic mass is 9.98. The molecule has 1 fully saturated rings. The molecular formula is C13H23N3O2. The predicted molar refractivity (Wildman–Crippen MR) is 68.3 cm³/mol. The molecule has 5 heteroatoms. The van der Waals surface area contributed by atoms with Crippen molar-refractivity contribution in [3.8, 4) is 0 Å². The van der Waals surface area contributed by atoms with Crippen LogP contribution in [-0.2, 0) is 4.74 Å². The molecule has 1 aliphatic heterocycles. The van der Waals surface area contributed by atoms with Crippen molar-refractivity contribution in [3.63, 3.8) is 0 Å². The summed E-state index contributed by atoms with van der Waals surface area (Å²) in [5.41, 5.74) is 0. The first-order valence-electron chi connectivity index (χ1n) is 6.92. The highest BCUT2D eigenvalue weighted by Gasteiger charge is 2.30. The van der Waals surface area contributed by atoms with Gasteiger partial charge in [0, 0.05) is 13.2 Å². The second-order valence-corrected chi connectivity index (χ2v) is 4.97. The number of hydrogen-bond donors (Lipinski definition) is 1. The zero-order chi connectivity index (χ0) is 13.0. The van der Waals surface area contributed by atoms with Crippen LogP contribution in [0.3, 0.4) is 0 Å². The molecule has 0 aliphatic carbocycles. The minimum atomic E-state index is -0.0258. The van der Waals surface area contributed by atoms with Gasteiger partial charge >= 0.3 is 0 Å². The molecule has 0 radical (unpaired) electrons. The Morgan fingerprint density at radius 1 is 1.44 bits per heavy atom. The molecule has 1 aromatic rings. The van der Waals surface area contributed by atoms with Crippen LogP contribution in [-0.4, -0.2) is 29.8 Å². The van der Waals surface area contributed by atoms with Crippen LogP contribution < -0.4 is 5.32 Å². The first-order chi connectivity index (χ1) is 8.76. The number of aromatic nitrogens is 2. The van der Waals surface area contributed by atoms with Crippen molar-refractivity contribution in [2.24, 2.45) is 5.92 Å². The van der Waals surface area contributed by atoms with Gasteiger partial charge in [0.05, 0.1) is 5.92 Å². The van der Waals surface area contributed by atoms with Gasteiger partial charge in [-0.05, 0) is 25.8 Å². The standard InChI is InChI=1S/C13H23N3O2/c1-4-6-11(17-5-2)12-15-13(18-16-12)10-8-14-7-9(10)3/h9-11,14H,4-8H2,1-3H3/t9-,10-,11?/m1/s1. The van der Waals surface area contributed by atoms with Crippen LogP contribution in [0, 0.1) is 5.92 Å². The molecule has 0 aromatic carbocycles. The molecule has 3 atom stereocenters. The normalized spacial score (nSPS) is 25.5. The van der Waals surface area contributed by atoms with E-state index < -0.39 is 0 Å². The summed E-state index contributed by atoms with van der Waals surface area (Å²) < 4.78 is 11.1. The fourth-order valence-corrected chi connectivity index (χ4v) is 2.42. The SMILES string of the molecule is CCCC(OCC)c1noc([C@@H]2CNC[C@H]2C)n1. The molecule has 5 nitrogen and oxygen atoms in total. The van der Waals surface area contributed by atoms with Crippen molar-refractivity contribution in [3.05, 3.63) is 11.7 Å². The van der Waals surface area contributed by atoms with Crippen LogP contribution in [0.4, 0.5) is 0 Å².